The largest absolute Gasteiger partial charge is 0.399 e. The van der Waals surface area contributed by atoms with Crippen LogP contribution in [0, 0.1) is 5.82 Å². The van der Waals surface area contributed by atoms with Crippen LogP contribution in [0.15, 0.2) is 48.5 Å². The molecule has 2 aromatic carbocycles. The van der Waals surface area contributed by atoms with E-state index in [1.165, 1.54) is 6.07 Å². The predicted octanol–water partition coefficient (Wildman–Crippen LogP) is 2.37. The number of halogens is 1. The van der Waals surface area contributed by atoms with Gasteiger partial charge in [0.25, 0.3) is 5.91 Å². The van der Waals surface area contributed by atoms with E-state index < -0.39 is 0 Å². The van der Waals surface area contributed by atoms with Crippen molar-refractivity contribution in [2.24, 2.45) is 0 Å². The van der Waals surface area contributed by atoms with E-state index in [0.29, 0.717) is 43.1 Å². The van der Waals surface area contributed by atoms with E-state index in [2.05, 4.69) is 0 Å². The van der Waals surface area contributed by atoms with Gasteiger partial charge in [0.15, 0.2) is 0 Å². The van der Waals surface area contributed by atoms with Crippen molar-refractivity contribution in [1.29, 1.82) is 0 Å². The van der Waals surface area contributed by atoms with Gasteiger partial charge < -0.3 is 15.5 Å². The molecule has 5 heteroatoms. The molecule has 1 fully saturated rings. The van der Waals surface area contributed by atoms with Crippen LogP contribution < -0.4 is 10.6 Å². The van der Waals surface area contributed by atoms with Gasteiger partial charge in [-0.15, -0.1) is 0 Å². The van der Waals surface area contributed by atoms with Gasteiger partial charge in [0.2, 0.25) is 0 Å². The molecule has 0 unspecified atom stereocenters. The van der Waals surface area contributed by atoms with Crippen molar-refractivity contribution in [3.8, 4) is 0 Å². The number of hydrogen-bond acceptors (Lipinski definition) is 3. The fraction of sp³-hybridized carbons (Fsp3) is 0.235. The first-order valence-corrected chi connectivity index (χ1v) is 7.29. The summed E-state index contributed by atoms with van der Waals surface area (Å²) in [5, 5.41) is 0. The quantitative estimate of drug-likeness (QED) is 0.866. The minimum absolute atomic E-state index is 0.0273. The van der Waals surface area contributed by atoms with Gasteiger partial charge in [0, 0.05) is 37.4 Å². The zero-order valence-corrected chi connectivity index (χ0v) is 12.2. The van der Waals surface area contributed by atoms with Gasteiger partial charge in [-0.1, -0.05) is 18.2 Å². The number of rotatable bonds is 2. The summed E-state index contributed by atoms with van der Waals surface area (Å²) in [7, 11) is 0. The number of piperazine rings is 1. The summed E-state index contributed by atoms with van der Waals surface area (Å²) in [6.07, 6.45) is 0. The molecule has 0 radical (unpaired) electrons. The van der Waals surface area contributed by atoms with Crippen LogP contribution in [0.2, 0.25) is 0 Å². The fourth-order valence-corrected chi connectivity index (χ4v) is 2.71. The molecule has 4 nitrogen and oxygen atoms in total. The second-order valence-electron chi connectivity index (χ2n) is 5.36. The van der Waals surface area contributed by atoms with E-state index in [1.807, 2.05) is 11.0 Å². The monoisotopic (exact) mass is 299 g/mol. The average molecular weight is 299 g/mol. The molecule has 22 heavy (non-hydrogen) atoms. The first kappa shape index (κ1) is 14.4. The molecular formula is C17H18FN3O. The lowest BCUT2D eigenvalue weighted by Crippen LogP contribution is -2.49. The Hall–Kier alpha value is -2.56. The van der Waals surface area contributed by atoms with Crippen LogP contribution in [-0.4, -0.2) is 37.0 Å². The minimum atomic E-state index is -0.224. The third-order valence-electron chi connectivity index (χ3n) is 3.89. The van der Waals surface area contributed by atoms with Crippen molar-refractivity contribution in [3.63, 3.8) is 0 Å². The summed E-state index contributed by atoms with van der Waals surface area (Å²) in [5.41, 5.74) is 7.49. The van der Waals surface area contributed by atoms with Crippen LogP contribution in [0.4, 0.5) is 15.8 Å². The van der Waals surface area contributed by atoms with E-state index in [9.17, 15) is 9.18 Å². The molecule has 0 bridgehead atoms. The van der Waals surface area contributed by atoms with Crippen molar-refractivity contribution >= 4 is 17.3 Å². The molecule has 0 saturated carbocycles. The molecule has 1 saturated heterocycles. The Bertz CT molecular complexity index is 681. The van der Waals surface area contributed by atoms with E-state index >= 15 is 0 Å². The van der Waals surface area contributed by atoms with Gasteiger partial charge in [-0.05, 0) is 30.3 Å². The van der Waals surface area contributed by atoms with Gasteiger partial charge in [0.1, 0.15) is 5.82 Å². The summed E-state index contributed by atoms with van der Waals surface area (Å²) < 4.78 is 13.8. The first-order valence-electron chi connectivity index (χ1n) is 7.29. The highest BCUT2D eigenvalue weighted by Gasteiger charge is 2.23. The zero-order chi connectivity index (χ0) is 15.5. The highest BCUT2D eigenvalue weighted by Crippen LogP contribution is 2.21. The lowest BCUT2D eigenvalue weighted by atomic mass is 10.1. The number of hydrogen-bond donors (Lipinski definition) is 1. The molecule has 0 spiro atoms. The smallest absolute Gasteiger partial charge is 0.254 e. The topological polar surface area (TPSA) is 49.6 Å². The lowest BCUT2D eigenvalue weighted by molar-refractivity contribution is 0.0746. The molecule has 2 aromatic rings. The zero-order valence-electron chi connectivity index (χ0n) is 12.2. The molecule has 114 valence electrons. The number of nitrogens with two attached hydrogens (primary N) is 1. The standard InChI is InChI=1S/C17H18FN3O/c18-15-6-1-2-7-16(15)20-8-10-21(11-9-20)17(22)13-4-3-5-14(19)12-13/h1-7,12H,8-11,19H2. The Morgan fingerprint density at radius 3 is 2.41 bits per heavy atom. The third kappa shape index (κ3) is 2.88. The number of benzene rings is 2. The molecule has 0 aliphatic carbocycles. The van der Waals surface area contributed by atoms with Gasteiger partial charge in [0.05, 0.1) is 5.69 Å². The molecule has 1 aliphatic heterocycles. The fourth-order valence-electron chi connectivity index (χ4n) is 2.71. The van der Waals surface area contributed by atoms with Crippen LogP contribution in [0.1, 0.15) is 10.4 Å². The molecule has 3 rings (SSSR count). The third-order valence-corrected chi connectivity index (χ3v) is 3.89. The Balaban J connectivity index is 1.67. The molecule has 1 heterocycles. The lowest BCUT2D eigenvalue weighted by Gasteiger charge is -2.36. The van der Waals surface area contributed by atoms with Crippen molar-refractivity contribution in [2.45, 2.75) is 0 Å². The molecule has 1 aliphatic rings. The van der Waals surface area contributed by atoms with Crippen molar-refractivity contribution in [2.75, 3.05) is 36.8 Å². The van der Waals surface area contributed by atoms with Gasteiger partial charge in [-0.2, -0.15) is 0 Å². The van der Waals surface area contributed by atoms with Crippen molar-refractivity contribution in [1.82, 2.24) is 4.90 Å². The van der Waals surface area contributed by atoms with Crippen LogP contribution in [0.5, 0.6) is 0 Å². The van der Waals surface area contributed by atoms with E-state index in [4.69, 9.17) is 5.73 Å². The highest BCUT2D eigenvalue weighted by molar-refractivity contribution is 5.95. The number of para-hydroxylation sites is 1. The molecular weight excluding hydrogens is 281 g/mol. The number of amides is 1. The number of nitrogen functional groups attached to an aromatic ring is 1. The average Bonchev–Trinajstić information content (AvgIpc) is 2.55. The second kappa shape index (κ2) is 6.05. The minimum Gasteiger partial charge on any atom is -0.399 e. The molecule has 0 aromatic heterocycles. The first-order chi connectivity index (χ1) is 10.6. The Kier molecular flexibility index (Phi) is 3.96. The van der Waals surface area contributed by atoms with Gasteiger partial charge in [-0.3, -0.25) is 4.79 Å². The highest BCUT2D eigenvalue weighted by atomic mass is 19.1. The SMILES string of the molecule is Nc1cccc(C(=O)N2CCN(c3ccccc3F)CC2)c1. The Morgan fingerprint density at radius 1 is 1.00 bits per heavy atom. The van der Waals surface area contributed by atoms with E-state index in [1.54, 1.807) is 41.3 Å². The van der Waals surface area contributed by atoms with Crippen LogP contribution in [0.25, 0.3) is 0 Å². The summed E-state index contributed by atoms with van der Waals surface area (Å²) >= 11 is 0. The molecule has 2 N–H and O–H groups in total. The van der Waals surface area contributed by atoms with Crippen LogP contribution in [0.3, 0.4) is 0 Å². The van der Waals surface area contributed by atoms with Crippen molar-refractivity contribution < 1.29 is 9.18 Å². The Labute approximate surface area is 128 Å². The summed E-state index contributed by atoms with van der Waals surface area (Å²) in [5.74, 6) is -0.251. The van der Waals surface area contributed by atoms with Crippen molar-refractivity contribution in [3.05, 3.63) is 59.9 Å². The van der Waals surface area contributed by atoms with Crippen LogP contribution >= 0.6 is 0 Å². The number of carbonyl (C=O) groups is 1. The maximum Gasteiger partial charge on any atom is 0.254 e. The number of nitrogens with zero attached hydrogens (tertiary/aromatic N) is 2. The normalized spacial score (nSPS) is 15.0. The molecule has 1 amide bonds. The number of anilines is 2. The molecule has 0 atom stereocenters. The van der Waals surface area contributed by atoms with E-state index in [0.717, 1.165) is 0 Å². The maximum atomic E-state index is 13.8. The summed E-state index contributed by atoms with van der Waals surface area (Å²) in [6, 6.07) is 13.7. The van der Waals surface area contributed by atoms with Gasteiger partial charge >= 0.3 is 0 Å². The maximum absolute atomic E-state index is 13.8. The van der Waals surface area contributed by atoms with Gasteiger partial charge in [-0.25, -0.2) is 4.39 Å². The van der Waals surface area contributed by atoms with E-state index in [-0.39, 0.29) is 11.7 Å². The summed E-state index contributed by atoms with van der Waals surface area (Å²) in [6.45, 7) is 2.38. The second-order valence-corrected chi connectivity index (χ2v) is 5.36. The Morgan fingerprint density at radius 2 is 1.73 bits per heavy atom. The number of carbonyl (C=O) groups excluding carboxylic acids is 1. The predicted molar refractivity (Wildman–Crippen MR) is 85.4 cm³/mol. The summed E-state index contributed by atoms with van der Waals surface area (Å²) in [4.78, 5) is 16.2. The van der Waals surface area contributed by atoms with Crippen LogP contribution in [-0.2, 0) is 0 Å².